The van der Waals surface area contributed by atoms with E-state index in [9.17, 15) is 5.11 Å². The first-order valence-electron chi connectivity index (χ1n) is 6.56. The minimum atomic E-state index is -1.49. The van der Waals surface area contributed by atoms with Crippen molar-refractivity contribution < 1.29 is 24.0 Å². The fourth-order valence-corrected chi connectivity index (χ4v) is 12.5. The van der Waals surface area contributed by atoms with Gasteiger partial charge in [0.25, 0.3) is 0 Å². The van der Waals surface area contributed by atoms with E-state index in [0.29, 0.717) is 5.04 Å². The van der Waals surface area contributed by atoms with Crippen molar-refractivity contribution in [3.8, 4) is 0 Å². The summed E-state index contributed by atoms with van der Waals surface area (Å²) in [6, 6.07) is 0. The number of thioether (sulfide) groups is 2. The molecule has 5 heteroatoms. The second-order valence-corrected chi connectivity index (χ2v) is 16.1. The van der Waals surface area contributed by atoms with Crippen LogP contribution in [0.1, 0.15) is 40.5 Å². The molecule has 1 heterocycles. The zero-order chi connectivity index (χ0) is 13.3. The number of hydrogen-bond donors (Lipinski definition) is 0. The zero-order valence-electron chi connectivity index (χ0n) is 13.1. The Balaban J connectivity index is 0.00000289. The fourth-order valence-electron chi connectivity index (χ4n) is 2.26. The molecule has 18 heavy (non-hydrogen) atoms. The van der Waals surface area contributed by atoms with E-state index in [1.54, 1.807) is 0 Å². The molecule has 1 aliphatic rings. The van der Waals surface area contributed by atoms with Crippen molar-refractivity contribution in [1.29, 1.82) is 0 Å². The van der Waals surface area contributed by atoms with Crippen LogP contribution in [0.3, 0.4) is 0 Å². The smallest absolute Gasteiger partial charge is 0.852 e. The molecule has 0 N–H and O–H groups in total. The molecule has 1 atom stereocenters. The summed E-state index contributed by atoms with van der Waals surface area (Å²) in [5, 5.41) is 12.1. The maximum Gasteiger partial charge on any atom is 1.00 e. The van der Waals surface area contributed by atoms with Gasteiger partial charge in [0.2, 0.25) is 0 Å². The van der Waals surface area contributed by atoms with Gasteiger partial charge in [0.05, 0.1) is 11.8 Å². The van der Waals surface area contributed by atoms with Gasteiger partial charge in [-0.05, 0) is 29.4 Å². The first kappa shape index (κ1) is 19.5. The van der Waals surface area contributed by atoms with Gasteiger partial charge in [0.15, 0.2) is 0 Å². The van der Waals surface area contributed by atoms with E-state index in [4.69, 9.17) is 0 Å². The first-order chi connectivity index (χ1) is 7.62. The first-order valence-corrected chi connectivity index (χ1v) is 11.5. The molecular weight excluding hydrogens is 271 g/mol. The topological polar surface area (TPSA) is 23.1 Å². The molecule has 0 saturated carbocycles. The van der Waals surface area contributed by atoms with Crippen LogP contribution < -0.4 is 24.0 Å². The Bertz CT molecular complexity index is 258. The molecule has 0 aromatic heterocycles. The van der Waals surface area contributed by atoms with Crippen LogP contribution in [0.5, 0.6) is 0 Å². The van der Waals surface area contributed by atoms with E-state index in [1.165, 1.54) is 17.9 Å². The Kier molecular flexibility index (Phi) is 7.53. The molecule has 1 nitrogen and oxygen atoms in total. The fraction of sp³-hybridized carbons (Fsp3) is 1.00. The summed E-state index contributed by atoms with van der Waals surface area (Å²) in [6.07, 6.45) is 1.72. The molecule has 0 aliphatic carbocycles. The van der Waals surface area contributed by atoms with Gasteiger partial charge in [0.1, 0.15) is 0 Å². The molecule has 1 fully saturated rings. The summed E-state index contributed by atoms with van der Waals surface area (Å²) >= 11 is 4.19. The average molecular weight is 299 g/mol. The molecule has 0 bridgehead atoms. The summed E-state index contributed by atoms with van der Waals surface area (Å²) in [5.74, 6) is 2.48. The zero-order valence-corrected chi connectivity index (χ0v) is 15.8. The Hall–Kier alpha value is 1.47. The normalized spacial score (nSPS) is 22.2. The standard InChI is InChI=1S/C13H27OS2Si.Li/c1-11(14)10-13(15-8-7-9-16-13)17(5,6)12(2,3)4;/h11H,7-10H2,1-6H3;/q-1;+1/t11-;/m0./s1. The Labute approximate surface area is 135 Å². The minimum absolute atomic E-state index is 0. The van der Waals surface area contributed by atoms with E-state index < -0.39 is 14.2 Å². The van der Waals surface area contributed by atoms with Gasteiger partial charge in [0, 0.05) is 0 Å². The van der Waals surface area contributed by atoms with Crippen LogP contribution in [-0.2, 0) is 0 Å². The van der Waals surface area contributed by atoms with Crippen molar-refractivity contribution in [2.45, 2.75) is 68.5 Å². The van der Waals surface area contributed by atoms with Gasteiger partial charge < -0.3 is 5.11 Å². The van der Waals surface area contributed by atoms with E-state index in [1.807, 2.05) is 6.92 Å². The number of hydrogen-bond acceptors (Lipinski definition) is 3. The van der Waals surface area contributed by atoms with Crippen LogP contribution in [0.4, 0.5) is 0 Å². The summed E-state index contributed by atoms with van der Waals surface area (Å²) in [4.78, 5) is 0. The number of rotatable bonds is 3. The van der Waals surface area contributed by atoms with Gasteiger partial charge in [-0.15, -0.1) is 29.6 Å². The van der Waals surface area contributed by atoms with Crippen molar-refractivity contribution in [2.75, 3.05) is 11.5 Å². The Morgan fingerprint density at radius 2 is 1.67 bits per heavy atom. The molecule has 1 saturated heterocycles. The largest absolute Gasteiger partial charge is 1.00 e. The molecular formula is C13H27LiOS2Si. The monoisotopic (exact) mass is 298 g/mol. The molecule has 0 aromatic carbocycles. The summed E-state index contributed by atoms with van der Waals surface area (Å²) in [6.45, 7) is 13.9. The van der Waals surface area contributed by atoms with Crippen LogP contribution in [0.2, 0.25) is 18.1 Å². The summed E-state index contributed by atoms with van der Waals surface area (Å²) < 4.78 is 0.241. The molecule has 0 aromatic rings. The molecule has 0 amide bonds. The van der Waals surface area contributed by atoms with Crippen molar-refractivity contribution in [3.05, 3.63) is 0 Å². The maximum atomic E-state index is 11.8. The van der Waals surface area contributed by atoms with Crippen molar-refractivity contribution in [3.63, 3.8) is 0 Å². The van der Waals surface area contributed by atoms with Gasteiger partial charge in [-0.3, -0.25) is 0 Å². The van der Waals surface area contributed by atoms with Gasteiger partial charge in [-0.25, -0.2) is 0 Å². The van der Waals surface area contributed by atoms with Crippen LogP contribution in [0.15, 0.2) is 0 Å². The third-order valence-electron chi connectivity index (χ3n) is 4.34. The summed E-state index contributed by atoms with van der Waals surface area (Å²) in [5.41, 5.74) is 0. The molecule has 1 rings (SSSR count). The second kappa shape index (κ2) is 6.96. The molecule has 102 valence electrons. The summed E-state index contributed by atoms with van der Waals surface area (Å²) in [7, 11) is -1.49. The SMILES string of the molecule is C[C@H]([O-])CC1([Si](C)(C)C(C)(C)C)SCCCS1.[Li+]. The molecule has 0 spiro atoms. The van der Waals surface area contributed by atoms with Gasteiger partial charge >= 0.3 is 18.9 Å². The van der Waals surface area contributed by atoms with Crippen molar-refractivity contribution in [2.24, 2.45) is 0 Å². The quantitative estimate of drug-likeness (QED) is 0.718. The Morgan fingerprint density at radius 1 is 1.22 bits per heavy atom. The third kappa shape index (κ3) is 3.99. The minimum Gasteiger partial charge on any atom is -0.852 e. The van der Waals surface area contributed by atoms with E-state index >= 15 is 0 Å². The van der Waals surface area contributed by atoms with E-state index in [2.05, 4.69) is 57.4 Å². The van der Waals surface area contributed by atoms with Crippen LogP contribution in [-0.4, -0.2) is 29.4 Å². The van der Waals surface area contributed by atoms with Crippen molar-refractivity contribution in [1.82, 2.24) is 0 Å². The van der Waals surface area contributed by atoms with Gasteiger partial charge in [-0.2, -0.15) is 0 Å². The maximum absolute atomic E-state index is 11.8. The second-order valence-electron chi connectivity index (χ2n) is 6.69. The van der Waals surface area contributed by atoms with E-state index in [0.717, 1.165) is 6.42 Å². The third-order valence-corrected chi connectivity index (χ3v) is 17.1. The predicted molar refractivity (Wildman–Crippen MR) is 83.5 cm³/mol. The molecule has 0 radical (unpaired) electrons. The predicted octanol–water partition coefficient (Wildman–Crippen LogP) is 0.743. The Morgan fingerprint density at radius 3 is 2.00 bits per heavy atom. The average Bonchev–Trinajstić information content (AvgIpc) is 2.16. The van der Waals surface area contributed by atoms with Crippen molar-refractivity contribution >= 4 is 31.6 Å². The van der Waals surface area contributed by atoms with Crippen LogP contribution in [0.25, 0.3) is 0 Å². The van der Waals surface area contributed by atoms with Crippen LogP contribution >= 0.6 is 23.5 Å². The molecule has 1 aliphatic heterocycles. The van der Waals surface area contributed by atoms with Gasteiger partial charge in [-0.1, -0.05) is 40.8 Å². The van der Waals surface area contributed by atoms with Crippen LogP contribution in [0, 0.1) is 0 Å². The molecule has 0 unspecified atom stereocenters. The van der Waals surface area contributed by atoms with E-state index in [-0.39, 0.29) is 22.6 Å².